The maximum Gasteiger partial charge on any atom is 0.416 e. The van der Waals surface area contributed by atoms with Crippen LogP contribution >= 0.6 is 0 Å². The monoisotopic (exact) mass is 354 g/mol. The molecule has 1 heterocycles. The van der Waals surface area contributed by atoms with Gasteiger partial charge in [-0.2, -0.15) is 13.2 Å². The number of amides is 2. The fourth-order valence-electron chi connectivity index (χ4n) is 2.12. The standard InChI is InChI=1S/C17H17F3N2O3/c1-10(12-3-5-14(6-4-12)17(18,19)20)21-15(23)11(2)22-16(24)13-7-8-25-9-13/h3-11H,1-2H3,(H,21,23)(H,22,24)/t10-,11-/m0/s1. The first-order valence-electron chi connectivity index (χ1n) is 7.49. The van der Waals surface area contributed by atoms with Gasteiger partial charge in [0.15, 0.2) is 0 Å². The van der Waals surface area contributed by atoms with Crippen LogP contribution in [-0.4, -0.2) is 17.9 Å². The average Bonchev–Trinajstić information content (AvgIpc) is 3.08. The molecule has 0 fully saturated rings. The molecule has 0 radical (unpaired) electrons. The summed E-state index contributed by atoms with van der Waals surface area (Å²) < 4.78 is 42.5. The second-order valence-electron chi connectivity index (χ2n) is 5.56. The summed E-state index contributed by atoms with van der Waals surface area (Å²) in [6.07, 6.45) is -1.81. The predicted molar refractivity (Wildman–Crippen MR) is 83.6 cm³/mol. The Morgan fingerprint density at radius 1 is 1.04 bits per heavy atom. The number of rotatable bonds is 5. The molecule has 2 atom stereocenters. The molecule has 25 heavy (non-hydrogen) atoms. The van der Waals surface area contributed by atoms with Crippen LogP contribution in [0.5, 0.6) is 0 Å². The van der Waals surface area contributed by atoms with Crippen LogP contribution in [0.2, 0.25) is 0 Å². The minimum atomic E-state index is -4.41. The lowest BCUT2D eigenvalue weighted by molar-refractivity contribution is -0.137. The summed E-state index contributed by atoms with van der Waals surface area (Å²) >= 11 is 0. The van der Waals surface area contributed by atoms with Gasteiger partial charge in [-0.25, -0.2) is 0 Å². The van der Waals surface area contributed by atoms with Crippen molar-refractivity contribution in [2.45, 2.75) is 32.1 Å². The van der Waals surface area contributed by atoms with Gasteiger partial charge in [0.1, 0.15) is 12.3 Å². The van der Waals surface area contributed by atoms with Crippen molar-refractivity contribution in [1.82, 2.24) is 10.6 Å². The summed E-state index contributed by atoms with van der Waals surface area (Å²) in [4.78, 5) is 24.0. The molecule has 0 unspecified atom stereocenters. The third-order valence-corrected chi connectivity index (χ3v) is 3.62. The summed E-state index contributed by atoms with van der Waals surface area (Å²) in [5.74, 6) is -0.914. The van der Waals surface area contributed by atoms with Gasteiger partial charge >= 0.3 is 6.18 Å². The number of hydrogen-bond donors (Lipinski definition) is 2. The van der Waals surface area contributed by atoms with Crippen LogP contribution in [0, 0.1) is 0 Å². The van der Waals surface area contributed by atoms with E-state index in [1.165, 1.54) is 37.6 Å². The molecule has 1 aromatic heterocycles. The number of halogens is 3. The maximum absolute atomic E-state index is 12.6. The molecule has 1 aromatic carbocycles. The highest BCUT2D eigenvalue weighted by atomic mass is 19.4. The lowest BCUT2D eigenvalue weighted by atomic mass is 10.1. The molecule has 0 aliphatic heterocycles. The summed E-state index contributed by atoms with van der Waals surface area (Å²) in [6, 6.07) is 4.67. The zero-order valence-corrected chi connectivity index (χ0v) is 13.6. The van der Waals surface area contributed by atoms with E-state index in [0.717, 1.165) is 12.1 Å². The molecule has 2 aromatic rings. The molecule has 134 valence electrons. The third kappa shape index (κ3) is 4.85. The van der Waals surface area contributed by atoms with E-state index >= 15 is 0 Å². The Bertz CT molecular complexity index is 725. The smallest absolute Gasteiger partial charge is 0.416 e. The Balaban J connectivity index is 1.93. The van der Waals surface area contributed by atoms with Gasteiger partial charge in [0.05, 0.1) is 23.4 Å². The Hall–Kier alpha value is -2.77. The molecule has 0 bridgehead atoms. The van der Waals surface area contributed by atoms with Crippen LogP contribution in [0.15, 0.2) is 47.3 Å². The number of furan rings is 1. The van der Waals surface area contributed by atoms with Gasteiger partial charge in [-0.1, -0.05) is 12.1 Å². The van der Waals surface area contributed by atoms with Crippen LogP contribution in [0.4, 0.5) is 13.2 Å². The highest BCUT2D eigenvalue weighted by Crippen LogP contribution is 2.29. The predicted octanol–water partition coefficient (Wildman–Crippen LogP) is 3.29. The SMILES string of the molecule is C[C@H](NC(=O)c1ccoc1)C(=O)N[C@@H](C)c1ccc(C(F)(F)F)cc1. The van der Waals surface area contributed by atoms with Gasteiger partial charge in [-0.15, -0.1) is 0 Å². The Kier molecular flexibility index (Phi) is 5.51. The van der Waals surface area contributed by atoms with Crippen LogP contribution in [0.25, 0.3) is 0 Å². The Morgan fingerprint density at radius 3 is 2.20 bits per heavy atom. The maximum atomic E-state index is 12.6. The van der Waals surface area contributed by atoms with Gasteiger partial charge in [0, 0.05) is 0 Å². The molecular formula is C17H17F3N2O3. The molecule has 2 amide bonds. The Labute approximate surface area is 142 Å². The van der Waals surface area contributed by atoms with E-state index in [1.54, 1.807) is 6.92 Å². The fourth-order valence-corrected chi connectivity index (χ4v) is 2.12. The molecule has 0 aliphatic carbocycles. The van der Waals surface area contributed by atoms with Crippen molar-refractivity contribution in [3.8, 4) is 0 Å². The summed E-state index contributed by atoms with van der Waals surface area (Å²) in [5, 5.41) is 5.15. The van der Waals surface area contributed by atoms with Crippen molar-refractivity contribution in [2.75, 3.05) is 0 Å². The second-order valence-corrected chi connectivity index (χ2v) is 5.56. The lowest BCUT2D eigenvalue weighted by Gasteiger charge is -2.19. The summed E-state index contributed by atoms with van der Waals surface area (Å²) in [5.41, 5.74) is 0.0562. The number of nitrogens with one attached hydrogen (secondary N) is 2. The van der Waals surface area contributed by atoms with Crippen molar-refractivity contribution in [3.05, 3.63) is 59.5 Å². The van der Waals surface area contributed by atoms with Crippen LogP contribution < -0.4 is 10.6 Å². The average molecular weight is 354 g/mol. The van der Waals surface area contributed by atoms with Crippen molar-refractivity contribution in [3.63, 3.8) is 0 Å². The molecule has 8 heteroatoms. The minimum Gasteiger partial charge on any atom is -0.472 e. The van der Waals surface area contributed by atoms with Gasteiger partial charge in [-0.05, 0) is 37.6 Å². The van der Waals surface area contributed by atoms with Crippen molar-refractivity contribution in [1.29, 1.82) is 0 Å². The topological polar surface area (TPSA) is 71.3 Å². The zero-order valence-electron chi connectivity index (χ0n) is 13.6. The number of carbonyl (C=O) groups is 2. The van der Waals surface area contributed by atoms with Gasteiger partial charge in [-0.3, -0.25) is 9.59 Å². The summed E-state index contributed by atoms with van der Waals surface area (Å²) in [7, 11) is 0. The molecule has 5 nitrogen and oxygen atoms in total. The van der Waals surface area contributed by atoms with Crippen molar-refractivity contribution in [2.24, 2.45) is 0 Å². The largest absolute Gasteiger partial charge is 0.472 e. The van der Waals surface area contributed by atoms with Crippen molar-refractivity contribution < 1.29 is 27.2 Å². The molecule has 2 rings (SSSR count). The van der Waals surface area contributed by atoms with Gasteiger partial charge in [0.2, 0.25) is 5.91 Å². The van der Waals surface area contributed by atoms with Crippen LogP contribution in [0.3, 0.4) is 0 Å². The van der Waals surface area contributed by atoms with E-state index in [9.17, 15) is 22.8 Å². The minimum absolute atomic E-state index is 0.287. The lowest BCUT2D eigenvalue weighted by Crippen LogP contribution is -2.45. The van der Waals surface area contributed by atoms with E-state index in [4.69, 9.17) is 4.42 Å². The van der Waals surface area contributed by atoms with E-state index in [1.807, 2.05) is 0 Å². The number of benzene rings is 1. The normalized spacial score (nSPS) is 13.8. The van der Waals surface area contributed by atoms with E-state index < -0.39 is 35.6 Å². The van der Waals surface area contributed by atoms with Crippen LogP contribution in [0.1, 0.15) is 41.4 Å². The molecule has 0 aliphatic rings. The van der Waals surface area contributed by atoms with E-state index in [2.05, 4.69) is 10.6 Å². The summed E-state index contributed by atoms with van der Waals surface area (Å²) in [6.45, 7) is 3.15. The van der Waals surface area contributed by atoms with Gasteiger partial charge in [0.25, 0.3) is 5.91 Å². The first-order valence-corrected chi connectivity index (χ1v) is 7.49. The van der Waals surface area contributed by atoms with Crippen LogP contribution in [-0.2, 0) is 11.0 Å². The molecular weight excluding hydrogens is 337 g/mol. The second kappa shape index (κ2) is 7.42. The van der Waals surface area contributed by atoms with E-state index in [0.29, 0.717) is 5.56 Å². The first kappa shape index (κ1) is 18.6. The molecule has 0 saturated carbocycles. The number of carbonyl (C=O) groups excluding carboxylic acids is 2. The number of hydrogen-bond acceptors (Lipinski definition) is 3. The first-order chi connectivity index (χ1) is 11.7. The quantitative estimate of drug-likeness (QED) is 0.865. The highest BCUT2D eigenvalue weighted by molar-refractivity contribution is 5.97. The fraction of sp³-hybridized carbons (Fsp3) is 0.294. The number of alkyl halides is 3. The highest BCUT2D eigenvalue weighted by Gasteiger charge is 2.30. The molecule has 0 spiro atoms. The third-order valence-electron chi connectivity index (χ3n) is 3.62. The van der Waals surface area contributed by atoms with Gasteiger partial charge < -0.3 is 15.1 Å². The van der Waals surface area contributed by atoms with Crippen molar-refractivity contribution >= 4 is 11.8 Å². The Morgan fingerprint density at radius 2 is 1.68 bits per heavy atom. The zero-order chi connectivity index (χ0) is 18.6. The van der Waals surface area contributed by atoms with E-state index in [-0.39, 0.29) is 5.56 Å². The molecule has 0 saturated heterocycles. The molecule has 2 N–H and O–H groups in total.